The minimum Gasteiger partial charge on any atom is -0.491 e. The van der Waals surface area contributed by atoms with Crippen LogP contribution in [0.2, 0.25) is 0 Å². The highest BCUT2D eigenvalue weighted by Gasteiger charge is 2.38. The van der Waals surface area contributed by atoms with E-state index >= 15 is 0 Å². The molecule has 1 saturated heterocycles. The topological polar surface area (TPSA) is 75.6 Å². The van der Waals surface area contributed by atoms with E-state index in [9.17, 15) is 13.5 Å². The number of aliphatic hydroxyl groups is 1. The highest BCUT2D eigenvalue weighted by atomic mass is 32.2. The molecule has 2 rings (SSSR count). The molecule has 2 atom stereocenters. The SMILES string of the molecule is Cc1cccc(OCC(O)CNC2(C)CCS(=O)(=O)C2)c1. The van der Waals surface area contributed by atoms with Gasteiger partial charge in [-0.05, 0) is 38.0 Å². The lowest BCUT2D eigenvalue weighted by Crippen LogP contribution is -2.47. The molecule has 1 aromatic rings. The fourth-order valence-corrected chi connectivity index (χ4v) is 4.59. The Morgan fingerprint density at radius 1 is 1.48 bits per heavy atom. The van der Waals surface area contributed by atoms with Gasteiger partial charge in [0.1, 0.15) is 18.5 Å². The summed E-state index contributed by atoms with van der Waals surface area (Å²) in [5.74, 6) is 1.07. The van der Waals surface area contributed by atoms with Crippen LogP contribution in [-0.4, -0.2) is 49.8 Å². The average Bonchev–Trinajstić information content (AvgIpc) is 2.69. The predicted molar refractivity (Wildman–Crippen MR) is 82.4 cm³/mol. The zero-order valence-corrected chi connectivity index (χ0v) is 13.3. The van der Waals surface area contributed by atoms with Gasteiger partial charge in [0, 0.05) is 12.1 Å². The largest absolute Gasteiger partial charge is 0.491 e. The summed E-state index contributed by atoms with van der Waals surface area (Å²) in [6.07, 6.45) is -0.0912. The van der Waals surface area contributed by atoms with Crippen LogP contribution in [0, 0.1) is 6.92 Å². The number of sulfone groups is 1. The summed E-state index contributed by atoms with van der Waals surface area (Å²) < 4.78 is 28.5. The minimum absolute atomic E-state index is 0.130. The van der Waals surface area contributed by atoms with Crippen molar-refractivity contribution in [1.29, 1.82) is 0 Å². The second-order valence-electron chi connectivity index (χ2n) is 6.06. The Kier molecular flexibility index (Phi) is 4.91. The van der Waals surface area contributed by atoms with Gasteiger partial charge in [0.25, 0.3) is 0 Å². The molecule has 5 nitrogen and oxygen atoms in total. The zero-order chi connectivity index (χ0) is 15.5. The van der Waals surface area contributed by atoms with Crippen molar-refractivity contribution in [3.63, 3.8) is 0 Å². The monoisotopic (exact) mass is 313 g/mol. The van der Waals surface area contributed by atoms with Crippen molar-refractivity contribution in [3.05, 3.63) is 29.8 Å². The van der Waals surface area contributed by atoms with Crippen molar-refractivity contribution >= 4 is 9.84 Å². The van der Waals surface area contributed by atoms with Crippen molar-refractivity contribution in [2.75, 3.05) is 24.7 Å². The third kappa shape index (κ3) is 4.98. The molecule has 0 aliphatic carbocycles. The van der Waals surface area contributed by atoms with Gasteiger partial charge in [-0.2, -0.15) is 0 Å². The van der Waals surface area contributed by atoms with E-state index in [2.05, 4.69) is 5.32 Å². The van der Waals surface area contributed by atoms with Gasteiger partial charge in [0.15, 0.2) is 9.84 Å². The number of aliphatic hydroxyl groups excluding tert-OH is 1. The number of β-amino-alcohol motifs (C(OH)–C–C–N with tert-alkyl or cyclic N) is 1. The van der Waals surface area contributed by atoms with E-state index in [0.717, 1.165) is 11.3 Å². The quantitative estimate of drug-likeness (QED) is 0.816. The second kappa shape index (κ2) is 6.34. The Hall–Kier alpha value is -1.11. The second-order valence-corrected chi connectivity index (χ2v) is 8.25. The molecule has 1 heterocycles. The Balaban J connectivity index is 1.76. The van der Waals surface area contributed by atoms with E-state index < -0.39 is 21.5 Å². The lowest BCUT2D eigenvalue weighted by molar-refractivity contribution is 0.0993. The first-order valence-electron chi connectivity index (χ1n) is 7.11. The van der Waals surface area contributed by atoms with Crippen LogP contribution in [0.15, 0.2) is 24.3 Å². The summed E-state index contributed by atoms with van der Waals surface area (Å²) in [6, 6.07) is 7.63. The molecule has 0 amide bonds. The normalized spacial score (nSPS) is 25.7. The molecule has 0 bridgehead atoms. The molecule has 0 saturated carbocycles. The molecule has 21 heavy (non-hydrogen) atoms. The van der Waals surface area contributed by atoms with Gasteiger partial charge in [-0.3, -0.25) is 0 Å². The van der Waals surface area contributed by atoms with E-state index in [0.29, 0.717) is 13.0 Å². The zero-order valence-electron chi connectivity index (χ0n) is 12.5. The first kappa shape index (κ1) is 16.3. The fourth-order valence-electron chi connectivity index (χ4n) is 2.47. The molecule has 0 radical (unpaired) electrons. The maximum absolute atomic E-state index is 11.5. The molecule has 1 fully saturated rings. The standard InChI is InChI=1S/C15H23NO4S/c1-12-4-3-5-14(8-12)20-10-13(17)9-16-15(2)6-7-21(18,19)11-15/h3-5,8,13,16-17H,6-7,9-11H2,1-2H3. The molecule has 0 aromatic heterocycles. The average molecular weight is 313 g/mol. The molecular weight excluding hydrogens is 290 g/mol. The van der Waals surface area contributed by atoms with Crippen LogP contribution in [0.1, 0.15) is 18.9 Å². The fraction of sp³-hybridized carbons (Fsp3) is 0.600. The highest BCUT2D eigenvalue weighted by molar-refractivity contribution is 7.91. The van der Waals surface area contributed by atoms with Crippen LogP contribution in [0.5, 0.6) is 5.75 Å². The predicted octanol–water partition coefficient (Wildman–Crippen LogP) is 0.902. The van der Waals surface area contributed by atoms with Crippen molar-refractivity contribution < 1.29 is 18.3 Å². The molecule has 1 aliphatic heterocycles. The number of hydrogen-bond donors (Lipinski definition) is 2. The van der Waals surface area contributed by atoms with Crippen molar-refractivity contribution in [2.45, 2.75) is 31.9 Å². The Morgan fingerprint density at radius 3 is 2.86 bits per heavy atom. The van der Waals surface area contributed by atoms with E-state index in [1.54, 1.807) is 0 Å². The number of ether oxygens (including phenoxy) is 1. The number of hydrogen-bond acceptors (Lipinski definition) is 5. The summed E-state index contributed by atoms with van der Waals surface area (Å²) >= 11 is 0. The third-order valence-electron chi connectivity index (χ3n) is 3.70. The number of nitrogens with one attached hydrogen (secondary N) is 1. The molecule has 0 spiro atoms. The van der Waals surface area contributed by atoms with Crippen molar-refractivity contribution in [2.24, 2.45) is 0 Å². The molecule has 2 unspecified atom stereocenters. The Bertz CT molecular complexity index is 587. The Labute approximate surface area is 126 Å². The van der Waals surface area contributed by atoms with E-state index in [1.165, 1.54) is 0 Å². The first-order chi connectivity index (χ1) is 9.78. The number of aryl methyl sites for hydroxylation is 1. The smallest absolute Gasteiger partial charge is 0.152 e. The summed E-state index contributed by atoms with van der Waals surface area (Å²) in [5.41, 5.74) is 0.659. The van der Waals surface area contributed by atoms with Crippen LogP contribution in [0.3, 0.4) is 0 Å². The minimum atomic E-state index is -2.94. The van der Waals surface area contributed by atoms with Gasteiger partial charge in [-0.15, -0.1) is 0 Å². The van der Waals surface area contributed by atoms with Crippen LogP contribution in [-0.2, 0) is 9.84 Å². The van der Waals surface area contributed by atoms with Gasteiger partial charge in [-0.25, -0.2) is 8.42 Å². The number of rotatable bonds is 6. The van der Waals surface area contributed by atoms with Crippen LogP contribution in [0.4, 0.5) is 0 Å². The molecule has 1 aliphatic rings. The molecule has 118 valence electrons. The number of benzene rings is 1. The Morgan fingerprint density at radius 2 is 2.24 bits per heavy atom. The molecule has 1 aromatic carbocycles. The summed E-state index contributed by atoms with van der Waals surface area (Å²) in [4.78, 5) is 0. The van der Waals surface area contributed by atoms with E-state index in [1.807, 2.05) is 38.1 Å². The van der Waals surface area contributed by atoms with Crippen LogP contribution in [0.25, 0.3) is 0 Å². The van der Waals surface area contributed by atoms with E-state index in [4.69, 9.17) is 4.74 Å². The third-order valence-corrected chi connectivity index (χ3v) is 5.60. The summed E-state index contributed by atoms with van der Waals surface area (Å²) in [7, 11) is -2.94. The first-order valence-corrected chi connectivity index (χ1v) is 8.93. The lowest BCUT2D eigenvalue weighted by atomic mass is 10.0. The molecular formula is C15H23NO4S. The van der Waals surface area contributed by atoms with Gasteiger partial charge in [0.05, 0.1) is 11.5 Å². The van der Waals surface area contributed by atoms with Gasteiger partial charge in [0.2, 0.25) is 0 Å². The molecule has 6 heteroatoms. The lowest BCUT2D eigenvalue weighted by Gasteiger charge is -2.25. The van der Waals surface area contributed by atoms with Crippen molar-refractivity contribution in [3.8, 4) is 5.75 Å². The van der Waals surface area contributed by atoms with Crippen LogP contribution < -0.4 is 10.1 Å². The van der Waals surface area contributed by atoms with Gasteiger partial charge < -0.3 is 15.2 Å². The van der Waals surface area contributed by atoms with Crippen molar-refractivity contribution in [1.82, 2.24) is 5.32 Å². The van der Waals surface area contributed by atoms with Crippen LogP contribution >= 0.6 is 0 Å². The molecule has 2 N–H and O–H groups in total. The maximum Gasteiger partial charge on any atom is 0.152 e. The van der Waals surface area contributed by atoms with Gasteiger partial charge >= 0.3 is 0 Å². The highest BCUT2D eigenvalue weighted by Crippen LogP contribution is 2.22. The van der Waals surface area contributed by atoms with Gasteiger partial charge in [-0.1, -0.05) is 12.1 Å². The maximum atomic E-state index is 11.5. The van der Waals surface area contributed by atoms with E-state index in [-0.39, 0.29) is 18.1 Å². The summed E-state index contributed by atoms with van der Waals surface area (Å²) in [6.45, 7) is 4.36. The summed E-state index contributed by atoms with van der Waals surface area (Å²) in [5, 5.41) is 13.1.